The van der Waals surface area contributed by atoms with Crippen LogP contribution in [0.5, 0.6) is 5.75 Å². The number of furan rings is 1. The van der Waals surface area contributed by atoms with E-state index in [9.17, 15) is 4.79 Å². The van der Waals surface area contributed by atoms with Gasteiger partial charge in [-0.15, -0.1) is 0 Å². The highest BCUT2D eigenvalue weighted by Crippen LogP contribution is 2.40. The molecule has 0 atom stereocenters. The average molecular weight is 457 g/mol. The first-order chi connectivity index (χ1) is 15.0. The fourth-order valence-electron chi connectivity index (χ4n) is 3.27. The molecule has 158 valence electrons. The van der Waals surface area contributed by atoms with E-state index in [1.54, 1.807) is 24.5 Å². The Labute approximate surface area is 188 Å². The van der Waals surface area contributed by atoms with Crippen molar-refractivity contribution in [2.75, 3.05) is 11.9 Å². The first-order valence-electron chi connectivity index (χ1n) is 9.49. The largest absolute Gasteiger partial charge is 0.493 e. The highest BCUT2D eigenvalue weighted by atomic mass is 35.5. The molecular formula is C23H18Cl2N2O4. The Kier molecular flexibility index (Phi) is 6.02. The lowest BCUT2D eigenvalue weighted by molar-refractivity contribution is -0.111. The lowest BCUT2D eigenvalue weighted by atomic mass is 9.99. The highest BCUT2D eigenvalue weighted by molar-refractivity contribution is 6.36. The summed E-state index contributed by atoms with van der Waals surface area (Å²) in [4.78, 5) is 12.4. The lowest BCUT2D eigenvalue weighted by Gasteiger charge is -2.12. The zero-order valence-electron chi connectivity index (χ0n) is 16.7. The number of hydrogen-bond donors (Lipinski definition) is 1. The minimum Gasteiger partial charge on any atom is -0.493 e. The van der Waals surface area contributed by atoms with Gasteiger partial charge in [0.25, 0.3) is 0 Å². The maximum Gasteiger partial charge on any atom is 0.249 e. The molecule has 0 aliphatic heterocycles. The predicted molar refractivity (Wildman–Crippen MR) is 122 cm³/mol. The van der Waals surface area contributed by atoms with E-state index in [2.05, 4.69) is 10.5 Å². The topological polar surface area (TPSA) is 77.5 Å². The molecule has 4 rings (SSSR count). The number of ether oxygens (including phenoxy) is 1. The molecule has 0 radical (unpaired) electrons. The summed E-state index contributed by atoms with van der Waals surface area (Å²) in [6.45, 7) is 4.19. The van der Waals surface area contributed by atoms with Crippen LogP contribution in [-0.2, 0) is 4.79 Å². The van der Waals surface area contributed by atoms with E-state index in [1.807, 2.05) is 32.0 Å². The van der Waals surface area contributed by atoms with Crippen LogP contribution in [0.25, 0.3) is 27.7 Å². The Morgan fingerprint density at radius 3 is 2.74 bits per heavy atom. The Balaban J connectivity index is 1.78. The van der Waals surface area contributed by atoms with Crippen molar-refractivity contribution in [1.82, 2.24) is 5.16 Å². The molecule has 4 aromatic rings. The molecule has 2 aromatic carbocycles. The maximum atomic E-state index is 12.4. The SMILES string of the molecule is CCOc1cc2occ(-c3ccc(Cl)cc3Cl)c2cc1/C(C)=C/C(=O)Nc1ccon1. The Bertz CT molecular complexity index is 1280. The normalized spacial score (nSPS) is 11.7. The Hall–Kier alpha value is -3.22. The number of hydrogen-bond acceptors (Lipinski definition) is 5. The third-order valence-electron chi connectivity index (χ3n) is 4.66. The smallest absolute Gasteiger partial charge is 0.249 e. The number of nitrogens with zero attached hydrogens (tertiary/aromatic N) is 1. The van der Waals surface area contributed by atoms with Gasteiger partial charge in [0.05, 0.1) is 17.9 Å². The van der Waals surface area contributed by atoms with Gasteiger partial charge in [0.15, 0.2) is 5.82 Å². The summed E-state index contributed by atoms with van der Waals surface area (Å²) in [5, 5.41) is 8.24. The number of anilines is 1. The minimum absolute atomic E-state index is 0.331. The molecule has 0 saturated heterocycles. The van der Waals surface area contributed by atoms with Gasteiger partial charge in [-0.25, -0.2) is 0 Å². The van der Waals surface area contributed by atoms with Crippen LogP contribution >= 0.6 is 23.2 Å². The molecule has 1 N–H and O–H groups in total. The van der Waals surface area contributed by atoms with E-state index in [0.717, 1.165) is 22.1 Å². The zero-order chi connectivity index (χ0) is 22.0. The first-order valence-corrected chi connectivity index (χ1v) is 10.3. The van der Waals surface area contributed by atoms with Crippen LogP contribution in [0.15, 0.2) is 63.9 Å². The van der Waals surface area contributed by atoms with Crippen molar-refractivity contribution < 1.29 is 18.5 Å². The van der Waals surface area contributed by atoms with Crippen LogP contribution in [0, 0.1) is 0 Å². The lowest BCUT2D eigenvalue weighted by Crippen LogP contribution is -2.09. The van der Waals surface area contributed by atoms with Gasteiger partial charge in [0.1, 0.15) is 17.6 Å². The number of aromatic nitrogens is 1. The first kappa shape index (κ1) is 21.0. The number of carbonyl (C=O) groups is 1. The second kappa shape index (κ2) is 8.88. The molecule has 0 saturated carbocycles. The maximum absolute atomic E-state index is 12.4. The molecule has 31 heavy (non-hydrogen) atoms. The van der Waals surface area contributed by atoms with Gasteiger partial charge in [-0.2, -0.15) is 0 Å². The van der Waals surface area contributed by atoms with Gasteiger partial charge in [0, 0.05) is 45.3 Å². The molecule has 0 unspecified atom stereocenters. The average Bonchev–Trinajstić information content (AvgIpc) is 3.37. The third-order valence-corrected chi connectivity index (χ3v) is 5.21. The number of amides is 1. The summed E-state index contributed by atoms with van der Waals surface area (Å²) < 4.78 is 16.3. The van der Waals surface area contributed by atoms with Crippen LogP contribution in [0.4, 0.5) is 5.82 Å². The summed E-state index contributed by atoms with van der Waals surface area (Å²) in [6, 6.07) is 10.6. The molecule has 0 aliphatic rings. The van der Waals surface area contributed by atoms with E-state index < -0.39 is 0 Å². The van der Waals surface area contributed by atoms with Crippen molar-refractivity contribution >= 4 is 51.5 Å². The van der Waals surface area contributed by atoms with Crippen LogP contribution in [0.3, 0.4) is 0 Å². The van der Waals surface area contributed by atoms with Gasteiger partial charge < -0.3 is 19.0 Å². The summed E-state index contributed by atoms with van der Waals surface area (Å²) in [5.41, 5.74) is 3.73. The number of nitrogens with one attached hydrogen (secondary N) is 1. The molecule has 0 bridgehead atoms. The second-order valence-corrected chi connectivity index (χ2v) is 7.60. The Morgan fingerprint density at radius 1 is 1.19 bits per heavy atom. The number of benzene rings is 2. The van der Waals surface area contributed by atoms with E-state index in [4.69, 9.17) is 36.9 Å². The van der Waals surface area contributed by atoms with Crippen molar-refractivity contribution in [2.24, 2.45) is 0 Å². The van der Waals surface area contributed by atoms with Gasteiger partial charge in [0.2, 0.25) is 5.91 Å². The van der Waals surface area contributed by atoms with Crippen molar-refractivity contribution in [3.8, 4) is 16.9 Å². The molecule has 6 nitrogen and oxygen atoms in total. The van der Waals surface area contributed by atoms with Crippen molar-refractivity contribution in [3.05, 3.63) is 70.6 Å². The van der Waals surface area contributed by atoms with Gasteiger partial charge in [-0.1, -0.05) is 34.4 Å². The number of carbonyl (C=O) groups excluding carboxylic acids is 1. The van der Waals surface area contributed by atoms with E-state index in [0.29, 0.717) is 39.4 Å². The molecule has 0 spiro atoms. The quantitative estimate of drug-likeness (QED) is 0.321. The molecule has 2 heterocycles. The summed E-state index contributed by atoms with van der Waals surface area (Å²) >= 11 is 12.5. The van der Waals surface area contributed by atoms with Crippen LogP contribution in [0.2, 0.25) is 10.0 Å². The van der Waals surface area contributed by atoms with E-state index in [-0.39, 0.29) is 5.91 Å². The summed E-state index contributed by atoms with van der Waals surface area (Å²) in [7, 11) is 0. The van der Waals surface area contributed by atoms with Gasteiger partial charge in [-0.3, -0.25) is 4.79 Å². The Morgan fingerprint density at radius 2 is 2.03 bits per heavy atom. The van der Waals surface area contributed by atoms with Crippen LogP contribution in [-0.4, -0.2) is 17.7 Å². The second-order valence-electron chi connectivity index (χ2n) is 6.75. The van der Waals surface area contributed by atoms with Gasteiger partial charge in [-0.05, 0) is 37.6 Å². The molecule has 2 aromatic heterocycles. The molecule has 0 fully saturated rings. The standard InChI is InChI=1S/C23H18Cl2N2O4/c1-3-29-20-11-21-17(18(12-30-21)15-5-4-14(24)9-19(15)25)10-16(20)13(2)8-23(28)26-22-6-7-31-27-22/h4-12H,3H2,1-2H3,(H,26,27,28)/b13-8+. The monoisotopic (exact) mass is 456 g/mol. The van der Waals surface area contributed by atoms with Crippen LogP contribution in [0.1, 0.15) is 19.4 Å². The number of allylic oxidation sites excluding steroid dienone is 1. The van der Waals surface area contributed by atoms with E-state index in [1.165, 1.54) is 12.3 Å². The highest BCUT2D eigenvalue weighted by Gasteiger charge is 2.17. The number of rotatable bonds is 6. The number of halogens is 2. The predicted octanol–water partition coefficient (Wildman–Crippen LogP) is 6.84. The van der Waals surface area contributed by atoms with Gasteiger partial charge >= 0.3 is 0 Å². The minimum atomic E-state index is -0.331. The fourth-order valence-corrected chi connectivity index (χ4v) is 3.78. The van der Waals surface area contributed by atoms with Crippen LogP contribution < -0.4 is 10.1 Å². The molecule has 0 aliphatic carbocycles. The molecular weight excluding hydrogens is 439 g/mol. The zero-order valence-corrected chi connectivity index (χ0v) is 18.3. The summed E-state index contributed by atoms with van der Waals surface area (Å²) in [5.74, 6) is 0.618. The van der Waals surface area contributed by atoms with Crippen molar-refractivity contribution in [1.29, 1.82) is 0 Å². The molecule has 8 heteroatoms. The van der Waals surface area contributed by atoms with E-state index >= 15 is 0 Å². The van der Waals surface area contributed by atoms with Crippen molar-refractivity contribution in [3.63, 3.8) is 0 Å². The third kappa shape index (κ3) is 4.45. The summed E-state index contributed by atoms with van der Waals surface area (Å²) in [6.07, 6.45) is 4.51. The molecule has 1 amide bonds. The number of fused-ring (bicyclic) bond motifs is 1. The fraction of sp³-hybridized carbons (Fsp3) is 0.130. The van der Waals surface area contributed by atoms with Crippen molar-refractivity contribution in [2.45, 2.75) is 13.8 Å².